The molecule has 108 valence electrons. The number of benzene rings is 1. The molecule has 1 saturated heterocycles. The minimum atomic E-state index is -0.179. The van der Waals surface area contributed by atoms with E-state index in [2.05, 4.69) is 10.6 Å². The normalized spacial score (nSPS) is 31.9. The van der Waals surface area contributed by atoms with E-state index in [4.69, 9.17) is 10.5 Å². The van der Waals surface area contributed by atoms with Crippen LogP contribution < -0.4 is 16.4 Å². The van der Waals surface area contributed by atoms with Crippen LogP contribution in [0.5, 0.6) is 0 Å². The van der Waals surface area contributed by atoms with E-state index in [1.165, 1.54) is 0 Å². The van der Waals surface area contributed by atoms with Gasteiger partial charge in [0, 0.05) is 25.1 Å². The first-order valence-electron chi connectivity index (χ1n) is 7.21. The molecule has 5 heteroatoms. The number of hydrogen-bond acceptors (Lipinski definition) is 3. The first-order valence-corrected chi connectivity index (χ1v) is 7.21. The van der Waals surface area contributed by atoms with Gasteiger partial charge >= 0.3 is 6.03 Å². The molecule has 1 saturated carbocycles. The third kappa shape index (κ3) is 2.64. The molecule has 2 aliphatic rings. The van der Waals surface area contributed by atoms with Crippen LogP contribution in [0.15, 0.2) is 30.3 Å². The van der Waals surface area contributed by atoms with Crippen molar-refractivity contribution in [3.05, 3.63) is 35.9 Å². The van der Waals surface area contributed by atoms with Gasteiger partial charge in [-0.15, -0.1) is 0 Å². The summed E-state index contributed by atoms with van der Waals surface area (Å²) in [6.07, 6.45) is 2.28. The first-order chi connectivity index (χ1) is 9.75. The molecule has 0 radical (unpaired) electrons. The molecule has 1 heterocycles. The van der Waals surface area contributed by atoms with Crippen molar-refractivity contribution in [2.75, 3.05) is 6.61 Å². The number of fused-ring (bicyclic) bond motifs is 1. The minimum Gasteiger partial charge on any atom is -0.376 e. The fourth-order valence-electron chi connectivity index (χ4n) is 3.11. The van der Waals surface area contributed by atoms with Crippen LogP contribution in [-0.2, 0) is 11.3 Å². The Bertz CT molecular complexity index is 465. The fourth-order valence-corrected chi connectivity index (χ4v) is 3.11. The van der Waals surface area contributed by atoms with Crippen LogP contribution in [-0.4, -0.2) is 30.8 Å². The zero-order valence-electron chi connectivity index (χ0n) is 11.4. The predicted molar refractivity (Wildman–Crippen MR) is 76.0 cm³/mol. The van der Waals surface area contributed by atoms with Gasteiger partial charge in [0.25, 0.3) is 0 Å². The highest BCUT2D eigenvalue weighted by atomic mass is 16.5. The summed E-state index contributed by atoms with van der Waals surface area (Å²) in [6.45, 7) is 1.29. The first kappa shape index (κ1) is 13.4. The lowest BCUT2D eigenvalue weighted by Crippen LogP contribution is -2.72. The molecule has 4 N–H and O–H groups in total. The lowest BCUT2D eigenvalue weighted by molar-refractivity contribution is -0.116. The molecule has 5 nitrogen and oxygen atoms in total. The van der Waals surface area contributed by atoms with Crippen LogP contribution in [0.2, 0.25) is 0 Å². The van der Waals surface area contributed by atoms with Crippen LogP contribution in [0.25, 0.3) is 0 Å². The number of nitrogens with one attached hydrogen (secondary N) is 2. The van der Waals surface area contributed by atoms with Gasteiger partial charge < -0.3 is 21.1 Å². The van der Waals surface area contributed by atoms with Gasteiger partial charge in [-0.2, -0.15) is 0 Å². The van der Waals surface area contributed by atoms with Crippen LogP contribution in [0.4, 0.5) is 4.79 Å². The molecule has 4 unspecified atom stereocenters. The van der Waals surface area contributed by atoms with Gasteiger partial charge in [-0.05, 0) is 18.4 Å². The molecule has 1 aliphatic carbocycles. The molecule has 1 aromatic carbocycles. The number of carbonyl (C=O) groups excluding carboxylic acids is 1. The summed E-state index contributed by atoms with van der Waals surface area (Å²) in [5, 5.41) is 5.79. The second kappa shape index (κ2) is 5.81. The van der Waals surface area contributed by atoms with Crippen molar-refractivity contribution in [3.63, 3.8) is 0 Å². The standard InChI is InChI=1S/C15H21N3O2/c16-12-11-7-4-8-20-14(11)13(12)18-15(19)17-9-10-5-2-1-3-6-10/h1-3,5-6,11-14H,4,7-9,16H2,(H2,17,18,19). The molecule has 0 spiro atoms. The summed E-state index contributed by atoms with van der Waals surface area (Å²) < 4.78 is 5.70. The third-order valence-corrected chi connectivity index (χ3v) is 4.27. The quantitative estimate of drug-likeness (QED) is 0.770. The van der Waals surface area contributed by atoms with E-state index in [1.54, 1.807) is 0 Å². The van der Waals surface area contributed by atoms with E-state index in [-0.39, 0.29) is 24.2 Å². The highest BCUT2D eigenvalue weighted by Gasteiger charge is 2.51. The summed E-state index contributed by atoms with van der Waals surface area (Å²) in [5.74, 6) is 0.406. The monoisotopic (exact) mass is 275 g/mol. The third-order valence-electron chi connectivity index (χ3n) is 4.27. The number of hydrogen-bond donors (Lipinski definition) is 3. The maximum Gasteiger partial charge on any atom is 0.315 e. The Hall–Kier alpha value is -1.59. The fraction of sp³-hybridized carbons (Fsp3) is 0.533. The van der Waals surface area contributed by atoms with Crippen molar-refractivity contribution in [3.8, 4) is 0 Å². The van der Waals surface area contributed by atoms with Crippen LogP contribution in [0, 0.1) is 5.92 Å². The van der Waals surface area contributed by atoms with Gasteiger partial charge in [-0.1, -0.05) is 30.3 Å². The van der Waals surface area contributed by atoms with E-state index in [0.29, 0.717) is 12.5 Å². The Kier molecular flexibility index (Phi) is 3.89. The van der Waals surface area contributed by atoms with Crippen molar-refractivity contribution in [2.45, 2.75) is 37.6 Å². The van der Waals surface area contributed by atoms with Gasteiger partial charge in [0.1, 0.15) is 0 Å². The smallest absolute Gasteiger partial charge is 0.315 e. The number of nitrogens with two attached hydrogens (primary N) is 1. The Morgan fingerprint density at radius 1 is 1.35 bits per heavy atom. The summed E-state index contributed by atoms with van der Waals surface area (Å²) in [6, 6.07) is 9.61. The van der Waals surface area contributed by atoms with E-state index in [1.807, 2.05) is 30.3 Å². The maximum atomic E-state index is 11.9. The minimum absolute atomic E-state index is 0.0165. The number of ether oxygens (including phenoxy) is 1. The lowest BCUT2D eigenvalue weighted by Gasteiger charge is -2.52. The average molecular weight is 275 g/mol. The van der Waals surface area contributed by atoms with E-state index >= 15 is 0 Å². The van der Waals surface area contributed by atoms with Gasteiger partial charge in [-0.3, -0.25) is 0 Å². The van der Waals surface area contributed by atoms with E-state index in [9.17, 15) is 4.79 Å². The van der Waals surface area contributed by atoms with E-state index < -0.39 is 0 Å². The SMILES string of the molecule is NC1C2CCCOC2C1NC(=O)NCc1ccccc1. The topological polar surface area (TPSA) is 76.4 Å². The second-order valence-corrected chi connectivity index (χ2v) is 5.56. The van der Waals surface area contributed by atoms with Gasteiger partial charge in [0.2, 0.25) is 0 Å². The van der Waals surface area contributed by atoms with Gasteiger partial charge in [-0.25, -0.2) is 4.79 Å². The van der Waals surface area contributed by atoms with Gasteiger partial charge in [0.15, 0.2) is 0 Å². The Balaban J connectivity index is 1.47. The Morgan fingerprint density at radius 3 is 2.95 bits per heavy atom. The zero-order chi connectivity index (χ0) is 13.9. The molecule has 2 amide bonds. The number of carbonyl (C=O) groups is 1. The van der Waals surface area contributed by atoms with Gasteiger partial charge in [0.05, 0.1) is 12.1 Å². The van der Waals surface area contributed by atoms with Crippen LogP contribution in [0.1, 0.15) is 18.4 Å². The number of rotatable bonds is 3. The molecule has 2 fully saturated rings. The molecule has 3 rings (SSSR count). The molecular formula is C15H21N3O2. The number of urea groups is 1. The van der Waals surface area contributed by atoms with E-state index in [0.717, 1.165) is 25.0 Å². The van der Waals surface area contributed by atoms with Crippen molar-refractivity contribution < 1.29 is 9.53 Å². The highest BCUT2D eigenvalue weighted by Crippen LogP contribution is 2.36. The molecule has 4 atom stereocenters. The van der Waals surface area contributed by atoms with Crippen LogP contribution >= 0.6 is 0 Å². The Labute approximate surface area is 118 Å². The van der Waals surface area contributed by atoms with Crippen molar-refractivity contribution in [2.24, 2.45) is 11.7 Å². The Morgan fingerprint density at radius 2 is 2.15 bits per heavy atom. The van der Waals surface area contributed by atoms with Crippen LogP contribution in [0.3, 0.4) is 0 Å². The predicted octanol–water partition coefficient (Wildman–Crippen LogP) is 0.991. The van der Waals surface area contributed by atoms with Crippen molar-refractivity contribution in [1.82, 2.24) is 10.6 Å². The van der Waals surface area contributed by atoms with Crippen molar-refractivity contribution in [1.29, 1.82) is 0 Å². The summed E-state index contributed by atoms with van der Waals surface area (Å²) >= 11 is 0. The number of amides is 2. The molecular weight excluding hydrogens is 254 g/mol. The summed E-state index contributed by atoms with van der Waals surface area (Å²) in [7, 11) is 0. The summed E-state index contributed by atoms with van der Waals surface area (Å²) in [4.78, 5) is 11.9. The maximum absolute atomic E-state index is 11.9. The van der Waals surface area contributed by atoms with Crippen molar-refractivity contribution >= 4 is 6.03 Å². The molecule has 1 aromatic rings. The molecule has 0 bridgehead atoms. The summed E-state index contributed by atoms with van der Waals surface area (Å²) in [5.41, 5.74) is 7.19. The lowest BCUT2D eigenvalue weighted by atomic mass is 9.69. The second-order valence-electron chi connectivity index (χ2n) is 5.56. The largest absolute Gasteiger partial charge is 0.376 e. The zero-order valence-corrected chi connectivity index (χ0v) is 11.4. The molecule has 1 aliphatic heterocycles. The highest BCUT2D eigenvalue weighted by molar-refractivity contribution is 5.74. The average Bonchev–Trinajstić information content (AvgIpc) is 2.51. The molecule has 20 heavy (non-hydrogen) atoms. The molecule has 0 aromatic heterocycles.